The number of ether oxygens (including phenoxy) is 1. The summed E-state index contributed by atoms with van der Waals surface area (Å²) in [5, 5.41) is 23.1. The lowest BCUT2D eigenvalue weighted by molar-refractivity contribution is -0.145. The lowest BCUT2D eigenvalue weighted by atomic mass is 10.0. The van der Waals surface area contributed by atoms with E-state index >= 15 is 0 Å². The van der Waals surface area contributed by atoms with Crippen molar-refractivity contribution in [3.63, 3.8) is 0 Å². The van der Waals surface area contributed by atoms with Gasteiger partial charge >= 0.3 is 5.97 Å². The minimum atomic E-state index is -0.182. The van der Waals surface area contributed by atoms with Gasteiger partial charge in [0.15, 0.2) is 5.82 Å². The number of hydrogen-bond donors (Lipinski definition) is 0. The summed E-state index contributed by atoms with van der Waals surface area (Å²) in [6.07, 6.45) is 6.20. The van der Waals surface area contributed by atoms with E-state index in [-0.39, 0.29) is 5.97 Å². The van der Waals surface area contributed by atoms with Gasteiger partial charge in [-0.3, -0.25) is 4.79 Å². The molecule has 3 rings (SSSR count). The molecular formula is C25H32N6O2. The number of hydrogen-bond acceptors (Lipinski definition) is 6. The number of nitriles is 1. The van der Waals surface area contributed by atoms with Crippen LogP contribution in [0.2, 0.25) is 0 Å². The number of azo groups is 1. The highest BCUT2D eigenvalue weighted by atomic mass is 16.5. The number of unbranched alkanes of at least 4 members (excludes halogenated alkanes) is 1. The summed E-state index contributed by atoms with van der Waals surface area (Å²) >= 11 is 0. The summed E-state index contributed by atoms with van der Waals surface area (Å²) in [5.41, 5.74) is 2.98. The summed E-state index contributed by atoms with van der Waals surface area (Å²) in [5.74, 6) is 0.657. The second-order valence-electron chi connectivity index (χ2n) is 8.27. The van der Waals surface area contributed by atoms with E-state index in [4.69, 9.17) is 4.74 Å². The minimum absolute atomic E-state index is 0.182. The molecule has 0 aliphatic rings. The number of rotatable bonds is 11. The van der Waals surface area contributed by atoms with Gasteiger partial charge in [0.2, 0.25) is 0 Å². The average Bonchev–Trinajstić information content (AvgIpc) is 3.32. The first-order chi connectivity index (χ1) is 16.0. The highest BCUT2D eigenvalue weighted by molar-refractivity contribution is 5.93. The van der Waals surface area contributed by atoms with Crippen LogP contribution in [-0.2, 0) is 23.1 Å². The standard InChI is InChI=1S/C25H32N6O2/c1-5-7-10-19(6-2)17-33-23(32)13-14-31-18(3)24(21-11-8-9-12-22(21)31)28-29-25-20(15-26)16-27-30(25)4/h8-9,11-12,16,19H,5-7,10,13-14,17H2,1-4H3. The largest absolute Gasteiger partial charge is 0.465 e. The monoisotopic (exact) mass is 448 g/mol. The number of benzene rings is 1. The Bertz CT molecular complexity index is 1170. The molecule has 0 amide bonds. The third kappa shape index (κ3) is 5.67. The van der Waals surface area contributed by atoms with Crippen LogP contribution < -0.4 is 0 Å². The summed E-state index contributed by atoms with van der Waals surface area (Å²) in [4.78, 5) is 12.4. The fourth-order valence-electron chi connectivity index (χ4n) is 3.94. The summed E-state index contributed by atoms with van der Waals surface area (Å²) in [6, 6.07) is 9.99. The molecule has 1 atom stereocenters. The molecule has 0 bridgehead atoms. The molecule has 0 saturated carbocycles. The van der Waals surface area contributed by atoms with E-state index in [1.165, 1.54) is 10.9 Å². The second kappa shape index (κ2) is 11.4. The molecule has 8 heteroatoms. The van der Waals surface area contributed by atoms with E-state index in [0.29, 0.717) is 36.9 Å². The van der Waals surface area contributed by atoms with Crippen molar-refractivity contribution in [2.45, 2.75) is 59.4 Å². The second-order valence-corrected chi connectivity index (χ2v) is 8.27. The molecule has 174 valence electrons. The Hall–Kier alpha value is -3.47. The van der Waals surface area contributed by atoms with Crippen LogP contribution >= 0.6 is 0 Å². The van der Waals surface area contributed by atoms with Crippen LogP contribution in [0.15, 0.2) is 40.7 Å². The third-order valence-corrected chi connectivity index (χ3v) is 6.03. The van der Waals surface area contributed by atoms with Crippen molar-refractivity contribution in [3.8, 4) is 6.07 Å². The van der Waals surface area contributed by atoms with Gasteiger partial charge in [-0.15, -0.1) is 10.2 Å². The van der Waals surface area contributed by atoms with Crippen molar-refractivity contribution < 1.29 is 9.53 Å². The lowest BCUT2D eigenvalue weighted by Crippen LogP contribution is -2.15. The zero-order valence-electron chi connectivity index (χ0n) is 19.9. The maximum Gasteiger partial charge on any atom is 0.307 e. The third-order valence-electron chi connectivity index (χ3n) is 6.03. The first-order valence-electron chi connectivity index (χ1n) is 11.6. The van der Waals surface area contributed by atoms with Crippen LogP contribution in [0, 0.1) is 24.2 Å². The van der Waals surface area contributed by atoms with Gasteiger partial charge in [0, 0.05) is 24.7 Å². The number of fused-ring (bicyclic) bond motifs is 1. The Labute approximate surface area is 194 Å². The normalized spacial score (nSPS) is 12.3. The molecule has 33 heavy (non-hydrogen) atoms. The van der Waals surface area contributed by atoms with E-state index in [2.05, 4.69) is 39.8 Å². The van der Waals surface area contributed by atoms with Crippen molar-refractivity contribution in [3.05, 3.63) is 41.7 Å². The molecule has 3 aromatic rings. The minimum Gasteiger partial charge on any atom is -0.465 e. The van der Waals surface area contributed by atoms with Gasteiger partial charge in [-0.25, -0.2) is 4.68 Å². The van der Waals surface area contributed by atoms with Gasteiger partial charge in [-0.05, 0) is 25.3 Å². The van der Waals surface area contributed by atoms with Crippen molar-refractivity contribution in [2.75, 3.05) is 6.61 Å². The molecule has 0 aliphatic heterocycles. The zero-order valence-corrected chi connectivity index (χ0v) is 19.9. The van der Waals surface area contributed by atoms with Crippen molar-refractivity contribution in [2.24, 2.45) is 23.2 Å². The molecule has 2 heterocycles. The quantitative estimate of drug-likeness (QED) is 0.261. The van der Waals surface area contributed by atoms with E-state index < -0.39 is 0 Å². The van der Waals surface area contributed by atoms with Crippen LogP contribution in [0.4, 0.5) is 11.5 Å². The summed E-state index contributed by atoms with van der Waals surface area (Å²) < 4.78 is 9.17. The zero-order chi connectivity index (χ0) is 23.8. The van der Waals surface area contributed by atoms with Gasteiger partial charge in [0.25, 0.3) is 0 Å². The number of carbonyl (C=O) groups is 1. The topological polar surface area (TPSA) is 97.6 Å². The Morgan fingerprint density at radius 1 is 1.27 bits per heavy atom. The van der Waals surface area contributed by atoms with E-state index in [9.17, 15) is 10.1 Å². The van der Waals surface area contributed by atoms with Crippen LogP contribution in [0.5, 0.6) is 0 Å². The number of esters is 1. The van der Waals surface area contributed by atoms with Crippen LogP contribution in [0.25, 0.3) is 10.9 Å². The van der Waals surface area contributed by atoms with Gasteiger partial charge in [0.1, 0.15) is 17.3 Å². The van der Waals surface area contributed by atoms with Crippen LogP contribution in [-0.4, -0.2) is 26.9 Å². The fourth-order valence-corrected chi connectivity index (χ4v) is 3.94. The van der Waals surface area contributed by atoms with Gasteiger partial charge < -0.3 is 9.30 Å². The van der Waals surface area contributed by atoms with E-state index in [1.54, 1.807) is 7.05 Å². The number of carbonyl (C=O) groups excluding carboxylic acids is 1. The first kappa shape index (κ1) is 24.2. The molecule has 0 saturated heterocycles. The predicted molar refractivity (Wildman–Crippen MR) is 128 cm³/mol. The first-order valence-corrected chi connectivity index (χ1v) is 11.6. The molecule has 1 aromatic carbocycles. The lowest BCUT2D eigenvalue weighted by Gasteiger charge is -2.15. The molecular weight excluding hydrogens is 416 g/mol. The maximum absolute atomic E-state index is 12.4. The van der Waals surface area contributed by atoms with Gasteiger partial charge in [0.05, 0.1) is 24.7 Å². The van der Waals surface area contributed by atoms with Crippen LogP contribution in [0.1, 0.15) is 57.2 Å². The number of nitrogens with zero attached hydrogens (tertiary/aromatic N) is 6. The van der Waals surface area contributed by atoms with Gasteiger partial charge in [-0.2, -0.15) is 10.4 Å². The van der Waals surface area contributed by atoms with Gasteiger partial charge in [-0.1, -0.05) is 51.3 Å². The van der Waals surface area contributed by atoms with Crippen molar-refractivity contribution in [1.82, 2.24) is 14.3 Å². The van der Waals surface area contributed by atoms with Crippen LogP contribution in [0.3, 0.4) is 0 Å². The number of aryl methyl sites for hydroxylation is 2. The SMILES string of the molecule is CCCCC(CC)COC(=O)CCn1c(C)c(N=Nc2c(C#N)cnn2C)c2ccccc21. The Kier molecular flexibility index (Phi) is 8.36. The molecule has 2 aromatic heterocycles. The van der Waals surface area contributed by atoms with E-state index in [0.717, 1.165) is 48.0 Å². The predicted octanol–water partition coefficient (Wildman–Crippen LogP) is 6.12. The molecule has 0 N–H and O–H groups in total. The molecule has 0 aliphatic carbocycles. The smallest absolute Gasteiger partial charge is 0.307 e. The Balaban J connectivity index is 1.76. The molecule has 8 nitrogen and oxygen atoms in total. The Morgan fingerprint density at radius 2 is 2.06 bits per heavy atom. The van der Waals surface area contributed by atoms with Crippen molar-refractivity contribution in [1.29, 1.82) is 5.26 Å². The van der Waals surface area contributed by atoms with E-state index in [1.807, 2.05) is 31.2 Å². The average molecular weight is 449 g/mol. The molecule has 0 spiro atoms. The number of aromatic nitrogens is 3. The summed E-state index contributed by atoms with van der Waals surface area (Å²) in [6.45, 7) is 7.28. The molecule has 0 radical (unpaired) electrons. The highest BCUT2D eigenvalue weighted by Crippen LogP contribution is 2.34. The maximum atomic E-state index is 12.4. The number of para-hydroxylation sites is 1. The Morgan fingerprint density at radius 3 is 2.79 bits per heavy atom. The highest BCUT2D eigenvalue weighted by Gasteiger charge is 2.16. The summed E-state index contributed by atoms with van der Waals surface area (Å²) in [7, 11) is 1.72. The molecule has 1 unspecified atom stereocenters. The fraction of sp³-hybridized carbons (Fsp3) is 0.480. The van der Waals surface area contributed by atoms with Crippen molar-refractivity contribution >= 4 is 28.4 Å². The molecule has 0 fully saturated rings.